The van der Waals surface area contributed by atoms with E-state index in [0.717, 1.165) is 12.8 Å². The van der Waals surface area contributed by atoms with Crippen LogP contribution >= 0.6 is 0 Å². The number of carbonyl (C=O) groups excluding carboxylic acids is 3. The molecule has 2 aliphatic heterocycles. The van der Waals surface area contributed by atoms with Crippen molar-refractivity contribution >= 4 is 17.8 Å². The summed E-state index contributed by atoms with van der Waals surface area (Å²) in [6.07, 6.45) is 5.53. The Bertz CT molecular complexity index is 567. The molecule has 4 amide bonds. The lowest BCUT2D eigenvalue weighted by Gasteiger charge is -2.38. The minimum absolute atomic E-state index is 0.126. The fraction of sp³-hybridized carbons (Fsp3) is 0.706. The lowest BCUT2D eigenvalue weighted by molar-refractivity contribution is -0.142. The van der Waals surface area contributed by atoms with Crippen LogP contribution in [0.4, 0.5) is 4.79 Å². The zero-order valence-corrected chi connectivity index (χ0v) is 13.8. The quantitative estimate of drug-likeness (QED) is 0.592. The average Bonchev–Trinajstić information content (AvgIpc) is 2.90. The molecule has 24 heavy (non-hydrogen) atoms. The molecule has 3 aliphatic carbocycles. The van der Waals surface area contributed by atoms with Gasteiger partial charge >= 0.3 is 6.03 Å². The topological polar surface area (TPSA) is 79.0 Å². The summed E-state index contributed by atoms with van der Waals surface area (Å²) in [6.45, 7) is 3.80. The molecule has 0 aromatic heterocycles. The maximum Gasteiger partial charge on any atom is 0.319 e. The summed E-state index contributed by atoms with van der Waals surface area (Å²) in [5.74, 6) is -0.377. The summed E-state index contributed by atoms with van der Waals surface area (Å²) in [6, 6.07) is -0.248. The molecule has 0 unspecified atom stereocenters. The van der Waals surface area contributed by atoms with E-state index in [1.165, 1.54) is 4.90 Å². The first kappa shape index (κ1) is 15.6. The van der Waals surface area contributed by atoms with Crippen LogP contribution in [-0.4, -0.2) is 60.1 Å². The SMILES string of the molecule is C[C@H](NC(=O)N1CCOCC1)N1C(=O)[C@@H]2[C@H](C1=O)[C@H]1C=C[C@H]2CC1. The largest absolute Gasteiger partial charge is 0.378 e. The molecule has 5 rings (SSSR count). The Hall–Kier alpha value is -1.89. The van der Waals surface area contributed by atoms with Gasteiger partial charge < -0.3 is 15.0 Å². The molecule has 1 N–H and O–H groups in total. The number of rotatable bonds is 2. The number of nitrogens with one attached hydrogen (secondary N) is 1. The Morgan fingerprint density at radius 1 is 1.12 bits per heavy atom. The van der Waals surface area contributed by atoms with Gasteiger partial charge in [0, 0.05) is 13.1 Å². The minimum Gasteiger partial charge on any atom is -0.378 e. The van der Waals surface area contributed by atoms with Gasteiger partial charge in [0.2, 0.25) is 11.8 Å². The highest BCUT2D eigenvalue weighted by molar-refractivity contribution is 6.06. The number of hydrogen-bond acceptors (Lipinski definition) is 4. The van der Waals surface area contributed by atoms with Crippen molar-refractivity contribution in [1.82, 2.24) is 15.1 Å². The Morgan fingerprint density at radius 3 is 2.17 bits per heavy atom. The first-order chi connectivity index (χ1) is 11.6. The van der Waals surface area contributed by atoms with E-state index in [1.807, 2.05) is 0 Å². The van der Waals surface area contributed by atoms with Crippen LogP contribution in [0.25, 0.3) is 0 Å². The van der Waals surface area contributed by atoms with Crippen LogP contribution in [0.3, 0.4) is 0 Å². The van der Waals surface area contributed by atoms with Gasteiger partial charge in [-0.3, -0.25) is 14.5 Å². The number of urea groups is 1. The Morgan fingerprint density at radius 2 is 1.67 bits per heavy atom. The van der Waals surface area contributed by atoms with Gasteiger partial charge in [-0.15, -0.1) is 0 Å². The highest BCUT2D eigenvalue weighted by atomic mass is 16.5. The number of ether oxygens (including phenoxy) is 1. The Balaban J connectivity index is 1.47. The maximum atomic E-state index is 12.8. The van der Waals surface area contributed by atoms with Gasteiger partial charge in [-0.1, -0.05) is 12.2 Å². The summed E-state index contributed by atoms with van der Waals surface area (Å²) in [7, 11) is 0. The third-order valence-electron chi connectivity index (χ3n) is 5.81. The molecule has 1 saturated carbocycles. The lowest BCUT2D eigenvalue weighted by Crippen LogP contribution is -2.55. The van der Waals surface area contributed by atoms with Crippen LogP contribution < -0.4 is 5.32 Å². The Kier molecular flexibility index (Phi) is 3.83. The zero-order valence-electron chi connectivity index (χ0n) is 13.8. The zero-order chi connectivity index (χ0) is 16.8. The van der Waals surface area contributed by atoms with E-state index in [9.17, 15) is 14.4 Å². The number of amides is 4. The minimum atomic E-state index is -0.620. The first-order valence-electron chi connectivity index (χ1n) is 8.76. The molecule has 7 nitrogen and oxygen atoms in total. The highest BCUT2D eigenvalue weighted by Crippen LogP contribution is 2.49. The second kappa shape index (κ2) is 5.88. The fourth-order valence-electron chi connectivity index (χ4n) is 4.58. The molecular formula is C17H23N3O4. The normalized spacial score (nSPS) is 36.0. The summed E-state index contributed by atoms with van der Waals surface area (Å²) in [5.41, 5.74) is 0. The van der Waals surface area contributed by atoms with Crippen LogP contribution in [0, 0.1) is 23.7 Å². The molecule has 3 fully saturated rings. The van der Waals surface area contributed by atoms with Gasteiger partial charge in [0.25, 0.3) is 0 Å². The molecule has 5 aliphatic rings. The summed E-state index contributed by atoms with van der Waals surface area (Å²) in [5, 5.41) is 2.81. The second-order valence-corrected chi connectivity index (χ2v) is 7.11. The monoisotopic (exact) mass is 333 g/mol. The number of morpholine rings is 1. The molecule has 2 bridgehead atoms. The van der Waals surface area contributed by atoms with Crippen LogP contribution in [0.2, 0.25) is 0 Å². The predicted molar refractivity (Wildman–Crippen MR) is 84.6 cm³/mol. The smallest absolute Gasteiger partial charge is 0.319 e. The van der Waals surface area contributed by atoms with Crippen molar-refractivity contribution in [2.45, 2.75) is 25.9 Å². The third kappa shape index (κ3) is 2.33. The van der Waals surface area contributed by atoms with E-state index >= 15 is 0 Å². The second-order valence-electron chi connectivity index (χ2n) is 7.11. The van der Waals surface area contributed by atoms with E-state index in [-0.39, 0.29) is 41.5 Å². The van der Waals surface area contributed by atoms with Crippen LogP contribution in [-0.2, 0) is 14.3 Å². The molecule has 0 aromatic rings. The molecule has 5 atom stereocenters. The van der Waals surface area contributed by atoms with Gasteiger partial charge in [-0.25, -0.2) is 4.79 Å². The summed E-state index contributed by atoms with van der Waals surface area (Å²) >= 11 is 0. The van der Waals surface area contributed by atoms with Gasteiger partial charge in [0.05, 0.1) is 25.0 Å². The molecule has 130 valence electrons. The van der Waals surface area contributed by atoms with E-state index in [0.29, 0.717) is 26.3 Å². The van der Waals surface area contributed by atoms with Crippen molar-refractivity contribution in [1.29, 1.82) is 0 Å². The average molecular weight is 333 g/mol. The van der Waals surface area contributed by atoms with Gasteiger partial charge in [0.15, 0.2) is 0 Å². The fourth-order valence-corrected chi connectivity index (χ4v) is 4.58. The molecule has 0 spiro atoms. The Labute approximate surface area is 141 Å². The number of nitrogens with zero attached hydrogens (tertiary/aromatic N) is 2. The number of imide groups is 1. The molecular weight excluding hydrogens is 310 g/mol. The predicted octanol–water partition coefficient (Wildman–Crippen LogP) is 0.571. The number of likely N-dealkylation sites (tertiary alicyclic amines) is 1. The molecule has 0 radical (unpaired) electrons. The van der Waals surface area contributed by atoms with Crippen molar-refractivity contribution in [2.24, 2.45) is 23.7 Å². The van der Waals surface area contributed by atoms with Crippen molar-refractivity contribution < 1.29 is 19.1 Å². The van der Waals surface area contributed by atoms with E-state index in [2.05, 4.69) is 17.5 Å². The van der Waals surface area contributed by atoms with Crippen LogP contribution in [0.15, 0.2) is 12.2 Å². The van der Waals surface area contributed by atoms with Crippen molar-refractivity contribution in [3.8, 4) is 0 Å². The molecule has 2 heterocycles. The molecule has 0 aromatic carbocycles. The molecule has 2 saturated heterocycles. The highest BCUT2D eigenvalue weighted by Gasteiger charge is 2.57. The number of allylic oxidation sites excluding steroid dienone is 2. The standard InChI is InChI=1S/C17H23N3O4/c1-10(18-17(23)19-6-8-24-9-7-19)20-15(21)13-11-2-3-12(5-4-11)14(13)16(20)22/h2-3,10-14H,4-9H2,1H3,(H,18,23)/t10-,11+,12+,13-,14+/m1/s1. The van der Waals surface area contributed by atoms with Gasteiger partial charge in [-0.2, -0.15) is 0 Å². The van der Waals surface area contributed by atoms with Crippen LogP contribution in [0.1, 0.15) is 19.8 Å². The van der Waals surface area contributed by atoms with E-state index < -0.39 is 6.17 Å². The maximum absolute atomic E-state index is 12.8. The third-order valence-corrected chi connectivity index (χ3v) is 5.81. The van der Waals surface area contributed by atoms with E-state index in [4.69, 9.17) is 4.74 Å². The first-order valence-corrected chi connectivity index (χ1v) is 8.76. The molecule has 7 heteroatoms. The number of carbonyl (C=O) groups is 3. The van der Waals surface area contributed by atoms with Gasteiger partial charge in [-0.05, 0) is 31.6 Å². The van der Waals surface area contributed by atoms with Crippen molar-refractivity contribution in [2.75, 3.05) is 26.3 Å². The van der Waals surface area contributed by atoms with Gasteiger partial charge in [0.1, 0.15) is 6.17 Å². The van der Waals surface area contributed by atoms with Crippen LogP contribution in [0.5, 0.6) is 0 Å². The van der Waals surface area contributed by atoms with Crippen molar-refractivity contribution in [3.63, 3.8) is 0 Å². The van der Waals surface area contributed by atoms with Crippen molar-refractivity contribution in [3.05, 3.63) is 12.2 Å². The lowest BCUT2D eigenvalue weighted by atomic mass is 9.63. The summed E-state index contributed by atoms with van der Waals surface area (Å²) in [4.78, 5) is 40.9. The number of hydrogen-bond donors (Lipinski definition) is 1. The van der Waals surface area contributed by atoms with E-state index in [1.54, 1.807) is 11.8 Å². The summed E-state index contributed by atoms with van der Waals surface area (Å²) < 4.78 is 5.24. The number of fused-ring (bicyclic) bond motifs is 1.